The molecule has 1 aliphatic heterocycles. The highest BCUT2D eigenvalue weighted by Gasteiger charge is 2.30. The quantitative estimate of drug-likeness (QED) is 0.232. The Balaban J connectivity index is 1.30. The number of anilines is 3. The van der Waals surface area contributed by atoms with Gasteiger partial charge in [0.15, 0.2) is 22.9 Å². The SMILES string of the molecule is N#Cc1nc2c(nc1C#N)-c1c(-c3ccc(N4c5ccccc5Oc5ccccc54)cc3)ccc3cccc-2c13. The lowest BCUT2D eigenvalue weighted by atomic mass is 9.94. The van der Waals surface area contributed by atoms with Gasteiger partial charge in [0, 0.05) is 22.2 Å². The number of nitriles is 2. The molecule has 6 nitrogen and oxygen atoms in total. The summed E-state index contributed by atoms with van der Waals surface area (Å²) in [7, 11) is 0. The van der Waals surface area contributed by atoms with Gasteiger partial charge in [-0.2, -0.15) is 10.5 Å². The Kier molecular flexibility index (Phi) is 4.55. The molecule has 6 aromatic rings. The Morgan fingerprint density at radius 3 is 1.93 bits per heavy atom. The molecule has 0 saturated heterocycles. The molecule has 6 heteroatoms. The Bertz CT molecular complexity index is 2070. The number of ether oxygens (including phenoxy) is 1. The number of fused-ring (bicyclic) bond motifs is 5. The third-order valence-corrected chi connectivity index (χ3v) is 7.51. The Labute approximate surface area is 229 Å². The number of aromatic nitrogens is 2. The number of hydrogen-bond acceptors (Lipinski definition) is 6. The van der Waals surface area contributed by atoms with E-state index in [9.17, 15) is 10.5 Å². The van der Waals surface area contributed by atoms with E-state index in [1.165, 1.54) is 0 Å². The largest absolute Gasteiger partial charge is 0.453 e. The molecule has 0 bridgehead atoms. The number of rotatable bonds is 2. The van der Waals surface area contributed by atoms with Crippen molar-refractivity contribution in [3.8, 4) is 57.3 Å². The summed E-state index contributed by atoms with van der Waals surface area (Å²) in [6, 6.07) is 38.8. The van der Waals surface area contributed by atoms with Crippen molar-refractivity contribution in [2.24, 2.45) is 0 Å². The summed E-state index contributed by atoms with van der Waals surface area (Å²) >= 11 is 0. The van der Waals surface area contributed by atoms with E-state index >= 15 is 0 Å². The monoisotopic (exact) mass is 511 g/mol. The van der Waals surface area contributed by atoms with Crippen molar-refractivity contribution in [1.82, 2.24) is 9.97 Å². The van der Waals surface area contributed by atoms with Gasteiger partial charge in [-0.15, -0.1) is 0 Å². The van der Waals surface area contributed by atoms with Gasteiger partial charge >= 0.3 is 0 Å². The highest BCUT2D eigenvalue weighted by molar-refractivity contribution is 6.17. The molecular formula is C34H17N5O. The van der Waals surface area contributed by atoms with E-state index in [1.807, 2.05) is 60.7 Å². The van der Waals surface area contributed by atoms with Gasteiger partial charge in [-0.05, 0) is 52.9 Å². The van der Waals surface area contributed by atoms with Crippen LogP contribution in [0.2, 0.25) is 0 Å². The first-order valence-electron chi connectivity index (χ1n) is 12.8. The molecule has 2 heterocycles. The first-order chi connectivity index (χ1) is 19.7. The molecule has 2 aliphatic rings. The van der Waals surface area contributed by atoms with Crippen LogP contribution in [0.1, 0.15) is 11.4 Å². The fourth-order valence-corrected chi connectivity index (χ4v) is 5.79. The second-order valence-electron chi connectivity index (χ2n) is 9.65. The van der Waals surface area contributed by atoms with Crippen LogP contribution in [0.15, 0.2) is 103 Å². The molecular weight excluding hydrogens is 494 g/mol. The summed E-state index contributed by atoms with van der Waals surface area (Å²) in [5.74, 6) is 1.61. The maximum atomic E-state index is 9.65. The van der Waals surface area contributed by atoms with Crippen molar-refractivity contribution in [3.63, 3.8) is 0 Å². The topological polar surface area (TPSA) is 85.8 Å². The zero-order valence-electron chi connectivity index (χ0n) is 21.0. The number of hydrogen-bond donors (Lipinski definition) is 0. The smallest absolute Gasteiger partial charge is 0.177 e. The molecule has 0 unspecified atom stereocenters. The van der Waals surface area contributed by atoms with Crippen LogP contribution in [0.3, 0.4) is 0 Å². The van der Waals surface area contributed by atoms with Gasteiger partial charge in [0.25, 0.3) is 0 Å². The van der Waals surface area contributed by atoms with Crippen molar-refractivity contribution >= 4 is 27.8 Å². The van der Waals surface area contributed by atoms with Crippen LogP contribution in [0, 0.1) is 22.7 Å². The molecule has 5 aromatic carbocycles. The van der Waals surface area contributed by atoms with E-state index in [1.54, 1.807) is 0 Å². The minimum atomic E-state index is 0.0389. The molecule has 0 amide bonds. The van der Waals surface area contributed by atoms with Gasteiger partial charge in [-0.25, -0.2) is 9.97 Å². The fourth-order valence-electron chi connectivity index (χ4n) is 5.79. The van der Waals surface area contributed by atoms with Crippen LogP contribution < -0.4 is 9.64 Å². The third-order valence-electron chi connectivity index (χ3n) is 7.51. The van der Waals surface area contributed by atoms with Crippen LogP contribution >= 0.6 is 0 Å². The molecule has 0 N–H and O–H groups in total. The number of nitrogens with zero attached hydrogens (tertiary/aromatic N) is 5. The Hall–Kier alpha value is -5.98. The van der Waals surface area contributed by atoms with E-state index in [2.05, 4.69) is 69.5 Å². The molecule has 8 rings (SSSR count). The van der Waals surface area contributed by atoms with Crippen LogP contribution in [0.5, 0.6) is 11.5 Å². The van der Waals surface area contributed by atoms with Crippen molar-refractivity contribution in [1.29, 1.82) is 10.5 Å². The van der Waals surface area contributed by atoms with Crippen LogP contribution in [-0.2, 0) is 0 Å². The average molecular weight is 512 g/mol. The predicted molar refractivity (Wildman–Crippen MR) is 154 cm³/mol. The zero-order chi connectivity index (χ0) is 26.8. The second kappa shape index (κ2) is 8.26. The van der Waals surface area contributed by atoms with E-state index in [0.29, 0.717) is 11.4 Å². The van der Waals surface area contributed by atoms with Crippen molar-refractivity contribution in [2.45, 2.75) is 0 Å². The summed E-state index contributed by atoms with van der Waals surface area (Å²) in [6.45, 7) is 0. The van der Waals surface area contributed by atoms with Crippen LogP contribution in [0.4, 0.5) is 17.1 Å². The molecule has 1 aromatic heterocycles. The summed E-state index contributed by atoms with van der Waals surface area (Å²) in [6.07, 6.45) is 0. The molecule has 184 valence electrons. The molecule has 0 radical (unpaired) electrons. The zero-order valence-corrected chi connectivity index (χ0v) is 21.0. The molecule has 0 atom stereocenters. The fraction of sp³-hybridized carbons (Fsp3) is 0. The minimum absolute atomic E-state index is 0.0389. The van der Waals surface area contributed by atoms with Gasteiger partial charge in [0.05, 0.1) is 22.8 Å². The summed E-state index contributed by atoms with van der Waals surface area (Å²) in [5, 5.41) is 21.3. The van der Waals surface area contributed by atoms with E-state index in [-0.39, 0.29) is 11.4 Å². The predicted octanol–water partition coefficient (Wildman–Crippen LogP) is 8.26. The first kappa shape index (κ1) is 22.0. The molecule has 0 spiro atoms. The lowest BCUT2D eigenvalue weighted by molar-refractivity contribution is 0.477. The minimum Gasteiger partial charge on any atom is -0.453 e. The van der Waals surface area contributed by atoms with E-state index in [0.717, 1.165) is 61.6 Å². The highest BCUT2D eigenvalue weighted by Crippen LogP contribution is 2.52. The first-order valence-corrected chi connectivity index (χ1v) is 12.8. The lowest BCUT2D eigenvalue weighted by Crippen LogP contribution is -2.15. The van der Waals surface area contributed by atoms with Crippen molar-refractivity contribution in [2.75, 3.05) is 4.90 Å². The van der Waals surface area contributed by atoms with Gasteiger partial charge in [0.2, 0.25) is 0 Å². The normalized spacial score (nSPS) is 12.1. The standard InChI is InChI=1S/C34H17N5O/c35-18-25-26(19-36)38-34-32-23(17-14-21-6-5-7-24(31(21)32)33(34)37-25)20-12-15-22(16-13-20)39-27-8-1-3-10-29(27)40-30-11-4-2-9-28(30)39/h1-17H. The molecule has 1 aliphatic carbocycles. The Morgan fingerprint density at radius 1 is 0.600 bits per heavy atom. The molecule has 0 fully saturated rings. The highest BCUT2D eigenvalue weighted by atomic mass is 16.5. The van der Waals surface area contributed by atoms with Crippen molar-refractivity contribution in [3.05, 3.63) is 115 Å². The third kappa shape index (κ3) is 3.02. The van der Waals surface area contributed by atoms with Crippen LogP contribution in [0.25, 0.3) is 44.4 Å². The van der Waals surface area contributed by atoms with Gasteiger partial charge in [-0.1, -0.05) is 66.7 Å². The second-order valence-corrected chi connectivity index (χ2v) is 9.65. The van der Waals surface area contributed by atoms with Crippen LogP contribution in [-0.4, -0.2) is 9.97 Å². The number of para-hydroxylation sites is 4. The van der Waals surface area contributed by atoms with E-state index < -0.39 is 0 Å². The van der Waals surface area contributed by atoms with Gasteiger partial charge < -0.3 is 9.64 Å². The average Bonchev–Trinajstić information content (AvgIpc) is 3.34. The summed E-state index contributed by atoms with van der Waals surface area (Å²) in [5.41, 5.74) is 8.20. The number of benzene rings is 5. The summed E-state index contributed by atoms with van der Waals surface area (Å²) < 4.78 is 6.17. The van der Waals surface area contributed by atoms with Gasteiger partial charge in [0.1, 0.15) is 12.1 Å². The van der Waals surface area contributed by atoms with Crippen molar-refractivity contribution < 1.29 is 4.74 Å². The van der Waals surface area contributed by atoms with E-state index in [4.69, 9.17) is 4.74 Å². The Morgan fingerprint density at radius 2 is 1.25 bits per heavy atom. The maximum absolute atomic E-state index is 9.65. The van der Waals surface area contributed by atoms with Gasteiger partial charge in [-0.3, -0.25) is 0 Å². The summed E-state index contributed by atoms with van der Waals surface area (Å²) in [4.78, 5) is 11.4. The lowest BCUT2D eigenvalue weighted by Gasteiger charge is -2.32. The molecule has 40 heavy (non-hydrogen) atoms. The molecule has 0 saturated carbocycles. The maximum Gasteiger partial charge on any atom is 0.177 e.